The van der Waals surface area contributed by atoms with E-state index in [1.54, 1.807) is 0 Å². The van der Waals surface area contributed by atoms with Crippen molar-refractivity contribution in [2.75, 3.05) is 39.9 Å². The van der Waals surface area contributed by atoms with Crippen molar-refractivity contribution in [3.8, 4) is 0 Å². The number of nitrogens with zero attached hydrogens (tertiary/aromatic N) is 2. The molecule has 4 nitrogen and oxygen atoms in total. The molecule has 1 unspecified atom stereocenters. The van der Waals surface area contributed by atoms with Gasteiger partial charge in [-0.3, -0.25) is 4.98 Å². The Hall–Kier alpha value is -0.970. The summed E-state index contributed by atoms with van der Waals surface area (Å²) in [7, 11) is 2.15. The van der Waals surface area contributed by atoms with Crippen LogP contribution in [0.15, 0.2) is 24.4 Å². The number of rotatable bonds is 6. The largest absolute Gasteiger partial charge is 0.381 e. The second-order valence-corrected chi connectivity index (χ2v) is 5.32. The van der Waals surface area contributed by atoms with E-state index in [-0.39, 0.29) is 5.41 Å². The van der Waals surface area contributed by atoms with Gasteiger partial charge in [-0.05, 0) is 25.6 Å². The van der Waals surface area contributed by atoms with Gasteiger partial charge in [0.1, 0.15) is 0 Å². The van der Waals surface area contributed by atoms with Gasteiger partial charge in [-0.1, -0.05) is 6.07 Å². The van der Waals surface area contributed by atoms with Gasteiger partial charge in [-0.25, -0.2) is 0 Å². The molecule has 2 heterocycles. The maximum Gasteiger partial charge on any atom is 0.0547 e. The fraction of sp³-hybridized carbons (Fsp3) is 0.643. The summed E-state index contributed by atoms with van der Waals surface area (Å²) in [6, 6.07) is 6.06. The van der Waals surface area contributed by atoms with Crippen LogP contribution in [-0.2, 0) is 11.2 Å². The van der Waals surface area contributed by atoms with E-state index in [0.29, 0.717) is 6.54 Å². The zero-order valence-corrected chi connectivity index (χ0v) is 11.1. The molecule has 0 radical (unpaired) electrons. The van der Waals surface area contributed by atoms with Gasteiger partial charge in [0.05, 0.1) is 6.61 Å². The van der Waals surface area contributed by atoms with E-state index >= 15 is 0 Å². The summed E-state index contributed by atoms with van der Waals surface area (Å²) in [5.74, 6) is 0. The summed E-state index contributed by atoms with van der Waals surface area (Å²) in [6.45, 7) is 4.39. The van der Waals surface area contributed by atoms with Crippen LogP contribution >= 0.6 is 0 Å². The summed E-state index contributed by atoms with van der Waals surface area (Å²) in [6.07, 6.45) is 3.91. The van der Waals surface area contributed by atoms with Crippen LogP contribution in [0, 0.1) is 5.41 Å². The second-order valence-electron chi connectivity index (χ2n) is 5.32. The van der Waals surface area contributed by atoms with Crippen molar-refractivity contribution < 1.29 is 4.74 Å². The van der Waals surface area contributed by atoms with Crippen molar-refractivity contribution in [2.24, 2.45) is 11.1 Å². The number of nitrogens with two attached hydrogens (primary N) is 1. The predicted octanol–water partition coefficient (Wildman–Crippen LogP) is 0.921. The van der Waals surface area contributed by atoms with Crippen LogP contribution in [0.3, 0.4) is 0 Å². The number of aromatic nitrogens is 1. The monoisotopic (exact) mass is 249 g/mol. The van der Waals surface area contributed by atoms with Crippen LogP contribution in [0.2, 0.25) is 0 Å². The van der Waals surface area contributed by atoms with Gasteiger partial charge in [0.2, 0.25) is 0 Å². The van der Waals surface area contributed by atoms with E-state index in [2.05, 4.69) is 23.0 Å². The quantitative estimate of drug-likeness (QED) is 0.814. The summed E-state index contributed by atoms with van der Waals surface area (Å²) in [4.78, 5) is 6.69. The first-order chi connectivity index (χ1) is 8.74. The third-order valence-electron chi connectivity index (χ3n) is 3.70. The third kappa shape index (κ3) is 3.51. The molecule has 2 N–H and O–H groups in total. The lowest BCUT2D eigenvalue weighted by Crippen LogP contribution is -2.42. The standard InChI is InChI=1S/C14H23N3O/c1-17(8-5-13-4-2-3-7-16-13)11-14(10-15)6-9-18-12-14/h2-4,7H,5-6,8-12,15H2,1H3. The van der Waals surface area contributed by atoms with E-state index in [1.165, 1.54) is 0 Å². The average molecular weight is 249 g/mol. The summed E-state index contributed by atoms with van der Waals surface area (Å²) in [5.41, 5.74) is 7.22. The van der Waals surface area contributed by atoms with Crippen molar-refractivity contribution >= 4 is 0 Å². The maximum absolute atomic E-state index is 5.91. The molecule has 1 aromatic heterocycles. The molecule has 0 amide bonds. The first kappa shape index (κ1) is 13.5. The molecule has 1 fully saturated rings. The Bertz CT molecular complexity index is 349. The number of pyridine rings is 1. The highest BCUT2D eigenvalue weighted by Gasteiger charge is 2.34. The van der Waals surface area contributed by atoms with Crippen molar-refractivity contribution in [3.63, 3.8) is 0 Å². The molecule has 2 rings (SSSR count). The molecule has 0 saturated carbocycles. The van der Waals surface area contributed by atoms with Crippen LogP contribution < -0.4 is 5.73 Å². The van der Waals surface area contributed by atoms with Gasteiger partial charge in [-0.15, -0.1) is 0 Å². The molecular weight excluding hydrogens is 226 g/mol. The Balaban J connectivity index is 1.79. The normalized spacial score (nSPS) is 23.7. The number of hydrogen-bond acceptors (Lipinski definition) is 4. The van der Waals surface area contributed by atoms with Gasteiger partial charge in [0.15, 0.2) is 0 Å². The highest BCUT2D eigenvalue weighted by Crippen LogP contribution is 2.28. The van der Waals surface area contributed by atoms with Crippen LogP contribution in [0.25, 0.3) is 0 Å². The Kier molecular flexibility index (Phi) is 4.69. The molecule has 1 saturated heterocycles. The fourth-order valence-electron chi connectivity index (χ4n) is 2.50. The average Bonchev–Trinajstić information content (AvgIpc) is 2.87. The lowest BCUT2D eigenvalue weighted by atomic mass is 9.87. The molecule has 1 aliphatic heterocycles. The minimum Gasteiger partial charge on any atom is -0.381 e. The topological polar surface area (TPSA) is 51.4 Å². The number of likely N-dealkylation sites (N-methyl/N-ethyl adjacent to an activating group) is 1. The Morgan fingerprint density at radius 3 is 3.00 bits per heavy atom. The van der Waals surface area contributed by atoms with Crippen molar-refractivity contribution in [1.29, 1.82) is 0 Å². The molecule has 4 heteroatoms. The summed E-state index contributed by atoms with van der Waals surface area (Å²) >= 11 is 0. The third-order valence-corrected chi connectivity index (χ3v) is 3.70. The SMILES string of the molecule is CN(CCc1ccccn1)CC1(CN)CCOC1. The van der Waals surface area contributed by atoms with Crippen molar-refractivity contribution in [1.82, 2.24) is 9.88 Å². The summed E-state index contributed by atoms with van der Waals surface area (Å²) in [5, 5.41) is 0. The van der Waals surface area contributed by atoms with E-state index in [0.717, 1.165) is 44.8 Å². The second kappa shape index (κ2) is 6.27. The van der Waals surface area contributed by atoms with E-state index in [9.17, 15) is 0 Å². The Labute approximate surface area is 109 Å². The molecule has 0 spiro atoms. The first-order valence-electron chi connectivity index (χ1n) is 6.60. The van der Waals surface area contributed by atoms with E-state index in [1.807, 2.05) is 18.3 Å². The van der Waals surface area contributed by atoms with Gasteiger partial charge in [0, 0.05) is 50.0 Å². The zero-order valence-electron chi connectivity index (χ0n) is 11.1. The number of hydrogen-bond donors (Lipinski definition) is 1. The van der Waals surface area contributed by atoms with Gasteiger partial charge < -0.3 is 15.4 Å². The summed E-state index contributed by atoms with van der Waals surface area (Å²) < 4.78 is 5.50. The van der Waals surface area contributed by atoms with Crippen molar-refractivity contribution in [3.05, 3.63) is 30.1 Å². The van der Waals surface area contributed by atoms with E-state index in [4.69, 9.17) is 10.5 Å². The Morgan fingerprint density at radius 2 is 2.39 bits per heavy atom. The maximum atomic E-state index is 5.91. The zero-order chi connectivity index (χ0) is 12.8. The molecule has 0 bridgehead atoms. The molecule has 1 aromatic rings. The smallest absolute Gasteiger partial charge is 0.0547 e. The van der Waals surface area contributed by atoms with Crippen LogP contribution in [-0.4, -0.2) is 49.8 Å². The van der Waals surface area contributed by atoms with E-state index < -0.39 is 0 Å². The molecule has 100 valence electrons. The molecule has 1 aliphatic rings. The fourth-order valence-corrected chi connectivity index (χ4v) is 2.50. The molecule has 0 aliphatic carbocycles. The van der Waals surface area contributed by atoms with Gasteiger partial charge >= 0.3 is 0 Å². The molecular formula is C14H23N3O. The highest BCUT2D eigenvalue weighted by molar-refractivity contribution is 5.03. The highest BCUT2D eigenvalue weighted by atomic mass is 16.5. The molecule has 0 aromatic carbocycles. The minimum atomic E-state index is 0.166. The van der Waals surface area contributed by atoms with Crippen LogP contribution in [0.1, 0.15) is 12.1 Å². The number of ether oxygens (including phenoxy) is 1. The van der Waals surface area contributed by atoms with Crippen LogP contribution in [0.5, 0.6) is 0 Å². The minimum absolute atomic E-state index is 0.166. The lowest BCUT2D eigenvalue weighted by Gasteiger charge is -2.30. The van der Waals surface area contributed by atoms with Crippen LogP contribution in [0.4, 0.5) is 0 Å². The van der Waals surface area contributed by atoms with Crippen molar-refractivity contribution in [2.45, 2.75) is 12.8 Å². The predicted molar refractivity (Wildman–Crippen MR) is 72.4 cm³/mol. The Morgan fingerprint density at radius 1 is 1.50 bits per heavy atom. The van der Waals surface area contributed by atoms with Gasteiger partial charge in [-0.2, -0.15) is 0 Å². The lowest BCUT2D eigenvalue weighted by molar-refractivity contribution is 0.126. The molecule has 18 heavy (non-hydrogen) atoms. The van der Waals surface area contributed by atoms with Gasteiger partial charge in [0.25, 0.3) is 0 Å². The molecule has 1 atom stereocenters. The first-order valence-corrected chi connectivity index (χ1v) is 6.60.